The van der Waals surface area contributed by atoms with E-state index < -0.39 is 0 Å². The minimum atomic E-state index is -0.0736. The van der Waals surface area contributed by atoms with Gasteiger partial charge in [0.25, 0.3) is 0 Å². The van der Waals surface area contributed by atoms with E-state index in [4.69, 9.17) is 5.73 Å². The Morgan fingerprint density at radius 2 is 1.56 bits per heavy atom. The molecular weight excluding hydrogens is 222 g/mol. The van der Waals surface area contributed by atoms with Gasteiger partial charge in [-0.1, -0.05) is 53.7 Å². The number of benzene rings is 1. The number of aromatic hydroxyl groups is 1. The van der Waals surface area contributed by atoms with Gasteiger partial charge in [-0.25, -0.2) is 0 Å². The molecule has 0 bridgehead atoms. The summed E-state index contributed by atoms with van der Waals surface area (Å²) in [6, 6.07) is 4.16. The van der Waals surface area contributed by atoms with E-state index in [1.807, 2.05) is 6.07 Å². The summed E-state index contributed by atoms with van der Waals surface area (Å²) >= 11 is 0. The number of phenols is 1. The van der Waals surface area contributed by atoms with Crippen LogP contribution < -0.4 is 5.73 Å². The van der Waals surface area contributed by atoms with E-state index in [1.54, 1.807) is 0 Å². The molecular formula is C16H27NO. The van der Waals surface area contributed by atoms with E-state index in [0.717, 1.165) is 23.1 Å². The first-order chi connectivity index (χ1) is 8.09. The van der Waals surface area contributed by atoms with Gasteiger partial charge >= 0.3 is 0 Å². The van der Waals surface area contributed by atoms with E-state index >= 15 is 0 Å². The molecule has 102 valence electrons. The maximum atomic E-state index is 10.6. The van der Waals surface area contributed by atoms with Crippen LogP contribution in [0.25, 0.3) is 0 Å². The molecule has 1 aromatic rings. The SMILES string of the molecule is CC(C)(C)c1ccc(CCN)c(C(C)(C)C)c1O. The molecule has 0 aromatic heterocycles. The Morgan fingerprint density at radius 3 is 1.94 bits per heavy atom. The first kappa shape index (κ1) is 15.0. The Hall–Kier alpha value is -1.02. The molecule has 0 spiro atoms. The normalized spacial score (nSPS) is 12.8. The summed E-state index contributed by atoms with van der Waals surface area (Å²) in [6.45, 7) is 13.4. The van der Waals surface area contributed by atoms with Gasteiger partial charge in [0.15, 0.2) is 0 Å². The molecule has 1 rings (SSSR count). The minimum Gasteiger partial charge on any atom is -0.507 e. The highest BCUT2D eigenvalue weighted by molar-refractivity contribution is 5.51. The van der Waals surface area contributed by atoms with Gasteiger partial charge in [0.2, 0.25) is 0 Å². The zero-order chi connectivity index (χ0) is 14.1. The van der Waals surface area contributed by atoms with Gasteiger partial charge in [0.05, 0.1) is 0 Å². The number of hydrogen-bond acceptors (Lipinski definition) is 2. The summed E-state index contributed by atoms with van der Waals surface area (Å²) in [5.41, 5.74) is 8.75. The van der Waals surface area contributed by atoms with Crippen molar-refractivity contribution in [2.75, 3.05) is 6.54 Å². The third-order valence-electron chi connectivity index (χ3n) is 3.24. The summed E-state index contributed by atoms with van der Waals surface area (Å²) in [4.78, 5) is 0. The van der Waals surface area contributed by atoms with Gasteiger partial charge in [-0.2, -0.15) is 0 Å². The Kier molecular flexibility index (Phi) is 4.12. The lowest BCUT2D eigenvalue weighted by Gasteiger charge is -2.29. The third kappa shape index (κ3) is 3.05. The van der Waals surface area contributed by atoms with Crippen molar-refractivity contribution in [2.45, 2.75) is 58.8 Å². The summed E-state index contributed by atoms with van der Waals surface area (Å²) in [5, 5.41) is 10.6. The van der Waals surface area contributed by atoms with Crippen LogP contribution in [0.15, 0.2) is 12.1 Å². The van der Waals surface area contributed by atoms with Crippen LogP contribution in [0.3, 0.4) is 0 Å². The lowest BCUT2D eigenvalue weighted by molar-refractivity contribution is 0.421. The van der Waals surface area contributed by atoms with Crippen LogP contribution in [0.5, 0.6) is 5.75 Å². The second-order valence-electron chi connectivity index (χ2n) is 7.03. The Labute approximate surface area is 111 Å². The Bertz CT molecular complexity index is 422. The molecule has 0 saturated carbocycles. The van der Waals surface area contributed by atoms with Crippen LogP contribution in [0, 0.1) is 0 Å². The molecule has 0 aliphatic heterocycles. The molecule has 0 fully saturated rings. The second kappa shape index (κ2) is 4.93. The molecule has 0 radical (unpaired) electrons. The average Bonchev–Trinajstić information content (AvgIpc) is 2.13. The quantitative estimate of drug-likeness (QED) is 0.843. The molecule has 0 heterocycles. The van der Waals surface area contributed by atoms with Crippen LogP contribution in [-0.2, 0) is 17.3 Å². The molecule has 0 saturated heterocycles. The van der Waals surface area contributed by atoms with Gasteiger partial charge < -0.3 is 10.8 Å². The van der Waals surface area contributed by atoms with Gasteiger partial charge in [-0.3, -0.25) is 0 Å². The topological polar surface area (TPSA) is 46.2 Å². The standard InChI is InChI=1S/C16H27NO/c1-15(2,3)12-8-7-11(9-10-17)13(14(12)18)16(4,5)6/h7-8,18H,9-10,17H2,1-6H3. The summed E-state index contributed by atoms with van der Waals surface area (Å²) in [5.74, 6) is 0.445. The van der Waals surface area contributed by atoms with Crippen LogP contribution in [0.4, 0.5) is 0 Å². The van der Waals surface area contributed by atoms with Gasteiger partial charge in [-0.05, 0) is 34.9 Å². The molecule has 2 nitrogen and oxygen atoms in total. The van der Waals surface area contributed by atoms with E-state index in [-0.39, 0.29) is 10.8 Å². The lowest BCUT2D eigenvalue weighted by atomic mass is 9.77. The van der Waals surface area contributed by atoms with Crippen molar-refractivity contribution in [1.82, 2.24) is 0 Å². The van der Waals surface area contributed by atoms with Crippen LogP contribution >= 0.6 is 0 Å². The highest BCUT2D eigenvalue weighted by Gasteiger charge is 2.27. The van der Waals surface area contributed by atoms with Crippen molar-refractivity contribution in [1.29, 1.82) is 0 Å². The summed E-state index contributed by atoms with van der Waals surface area (Å²) in [6.07, 6.45) is 0.810. The van der Waals surface area contributed by atoms with Gasteiger partial charge in [0, 0.05) is 5.56 Å². The van der Waals surface area contributed by atoms with Crippen molar-refractivity contribution in [3.05, 3.63) is 28.8 Å². The van der Waals surface area contributed by atoms with Crippen molar-refractivity contribution < 1.29 is 5.11 Å². The predicted molar refractivity (Wildman–Crippen MR) is 78.3 cm³/mol. The molecule has 3 N–H and O–H groups in total. The van der Waals surface area contributed by atoms with E-state index in [0.29, 0.717) is 12.3 Å². The summed E-state index contributed by atoms with van der Waals surface area (Å²) < 4.78 is 0. The monoisotopic (exact) mass is 249 g/mol. The molecule has 0 atom stereocenters. The highest BCUT2D eigenvalue weighted by atomic mass is 16.3. The molecule has 0 aliphatic carbocycles. The fourth-order valence-corrected chi connectivity index (χ4v) is 2.44. The van der Waals surface area contributed by atoms with Crippen LogP contribution in [0.2, 0.25) is 0 Å². The summed E-state index contributed by atoms with van der Waals surface area (Å²) in [7, 11) is 0. The smallest absolute Gasteiger partial charge is 0.123 e. The number of rotatable bonds is 2. The van der Waals surface area contributed by atoms with Crippen LogP contribution in [-0.4, -0.2) is 11.7 Å². The number of hydrogen-bond donors (Lipinski definition) is 2. The maximum Gasteiger partial charge on any atom is 0.123 e. The van der Waals surface area contributed by atoms with Crippen molar-refractivity contribution in [2.24, 2.45) is 5.73 Å². The first-order valence-corrected chi connectivity index (χ1v) is 6.65. The van der Waals surface area contributed by atoms with Crippen molar-refractivity contribution >= 4 is 0 Å². The molecule has 2 heteroatoms. The number of phenolic OH excluding ortho intramolecular Hbond substituents is 1. The fourth-order valence-electron chi connectivity index (χ4n) is 2.44. The highest BCUT2D eigenvalue weighted by Crippen LogP contribution is 2.40. The minimum absolute atomic E-state index is 0.0503. The molecule has 18 heavy (non-hydrogen) atoms. The second-order valence-corrected chi connectivity index (χ2v) is 7.03. The van der Waals surface area contributed by atoms with Crippen molar-refractivity contribution in [3.63, 3.8) is 0 Å². The maximum absolute atomic E-state index is 10.6. The van der Waals surface area contributed by atoms with Crippen molar-refractivity contribution in [3.8, 4) is 5.75 Å². The molecule has 0 unspecified atom stereocenters. The Morgan fingerprint density at radius 1 is 1.00 bits per heavy atom. The van der Waals surface area contributed by atoms with Gasteiger partial charge in [0.1, 0.15) is 5.75 Å². The molecule has 0 amide bonds. The first-order valence-electron chi connectivity index (χ1n) is 6.65. The zero-order valence-corrected chi connectivity index (χ0v) is 12.6. The van der Waals surface area contributed by atoms with E-state index in [2.05, 4.69) is 47.6 Å². The molecule has 0 aliphatic rings. The van der Waals surface area contributed by atoms with Gasteiger partial charge in [-0.15, -0.1) is 0 Å². The third-order valence-corrected chi connectivity index (χ3v) is 3.24. The Balaban J connectivity index is 3.51. The van der Waals surface area contributed by atoms with E-state index in [9.17, 15) is 5.11 Å². The lowest BCUT2D eigenvalue weighted by Crippen LogP contribution is -2.20. The average molecular weight is 249 g/mol. The largest absolute Gasteiger partial charge is 0.507 e. The predicted octanol–water partition coefficient (Wildman–Crippen LogP) is 3.49. The van der Waals surface area contributed by atoms with Crippen LogP contribution in [0.1, 0.15) is 58.2 Å². The number of nitrogens with two attached hydrogens (primary N) is 1. The van der Waals surface area contributed by atoms with E-state index in [1.165, 1.54) is 0 Å². The fraction of sp³-hybridized carbons (Fsp3) is 0.625. The molecule has 1 aromatic carbocycles. The zero-order valence-electron chi connectivity index (χ0n) is 12.6.